The van der Waals surface area contributed by atoms with Crippen LogP contribution in [0.1, 0.15) is 37.6 Å². The number of unbranched alkanes of at least 4 members (excludes halogenated alkanes) is 1. The Kier molecular flexibility index (Phi) is 5.95. The fraction of sp³-hybridized carbons (Fsp3) is 0.500. The van der Waals surface area contributed by atoms with E-state index in [1.165, 1.54) is 22.8 Å². The number of rotatable bonds is 5. The van der Waals surface area contributed by atoms with Crippen molar-refractivity contribution < 1.29 is 0 Å². The molecule has 2 radical (unpaired) electrons. The first-order valence-electron chi connectivity index (χ1n) is 5.22. The van der Waals surface area contributed by atoms with Crippen molar-refractivity contribution >= 4 is 36.3 Å². The Labute approximate surface area is 102 Å². The summed E-state index contributed by atoms with van der Waals surface area (Å²) in [5.41, 5.74) is 1.37. The van der Waals surface area contributed by atoms with E-state index < -0.39 is 0 Å². The van der Waals surface area contributed by atoms with Gasteiger partial charge in [0.1, 0.15) is 0 Å². The quantitative estimate of drug-likeness (QED) is 0.443. The van der Waals surface area contributed by atoms with Gasteiger partial charge in [-0.25, -0.2) is 0 Å². The van der Waals surface area contributed by atoms with E-state index in [0.717, 1.165) is 0 Å². The number of alkyl halides is 1. The van der Waals surface area contributed by atoms with E-state index in [2.05, 4.69) is 38.1 Å². The molecule has 0 saturated carbocycles. The van der Waals surface area contributed by atoms with Crippen LogP contribution in [-0.4, -0.2) is 21.1 Å². The van der Waals surface area contributed by atoms with Gasteiger partial charge in [0, 0.05) is 0 Å². The summed E-state index contributed by atoms with van der Waals surface area (Å²) in [5, 5.41) is 0.175. The number of benzene rings is 1. The van der Waals surface area contributed by atoms with Crippen LogP contribution in [0, 0.1) is 0 Å². The van der Waals surface area contributed by atoms with Gasteiger partial charge in [-0.05, 0) is 0 Å². The van der Waals surface area contributed by atoms with Gasteiger partial charge in [0.25, 0.3) is 0 Å². The van der Waals surface area contributed by atoms with E-state index in [0.29, 0.717) is 0 Å². The van der Waals surface area contributed by atoms with Crippen molar-refractivity contribution in [3.8, 4) is 0 Å². The Morgan fingerprint density at radius 1 is 1.36 bits per heavy atom. The van der Waals surface area contributed by atoms with Crippen molar-refractivity contribution in [3.63, 3.8) is 0 Å². The summed E-state index contributed by atoms with van der Waals surface area (Å²) in [6.45, 7) is 4.33. The molecule has 0 aliphatic rings. The predicted molar refractivity (Wildman–Crippen MR) is 65.8 cm³/mol. The SMILES string of the molecule is CCC[CH2][Sn][c]1ccccc1C(C)Cl. The zero-order valence-electron chi connectivity index (χ0n) is 8.89. The molecule has 76 valence electrons. The molecule has 0 heterocycles. The normalized spacial score (nSPS) is 12.8. The van der Waals surface area contributed by atoms with Gasteiger partial charge in [-0.1, -0.05) is 0 Å². The van der Waals surface area contributed by atoms with Crippen LogP contribution in [0.5, 0.6) is 0 Å². The average Bonchev–Trinajstić information content (AvgIpc) is 2.19. The van der Waals surface area contributed by atoms with Crippen LogP contribution < -0.4 is 3.58 Å². The maximum atomic E-state index is 6.15. The van der Waals surface area contributed by atoms with E-state index >= 15 is 0 Å². The van der Waals surface area contributed by atoms with Gasteiger partial charge < -0.3 is 0 Å². The van der Waals surface area contributed by atoms with Crippen molar-refractivity contribution in [2.24, 2.45) is 0 Å². The fourth-order valence-electron chi connectivity index (χ4n) is 1.40. The minimum atomic E-state index is -0.358. The topological polar surface area (TPSA) is 0 Å². The molecule has 0 N–H and O–H groups in total. The van der Waals surface area contributed by atoms with E-state index in [4.69, 9.17) is 11.6 Å². The first-order chi connectivity index (χ1) is 6.75. The molecule has 0 aliphatic heterocycles. The Morgan fingerprint density at radius 2 is 2.07 bits per heavy atom. The molecule has 14 heavy (non-hydrogen) atoms. The third kappa shape index (κ3) is 3.82. The fourth-order valence-corrected chi connectivity index (χ4v) is 6.19. The third-order valence-electron chi connectivity index (χ3n) is 2.24. The second-order valence-corrected chi connectivity index (χ2v) is 8.11. The molecule has 1 rings (SSSR count). The molecule has 0 bridgehead atoms. The molecule has 1 aromatic carbocycles. The van der Waals surface area contributed by atoms with Gasteiger partial charge in [0.15, 0.2) is 0 Å². The number of hydrogen-bond donors (Lipinski definition) is 0. The standard InChI is InChI=1S/C8H8Cl.C4H9.Sn/c1-7(9)8-5-3-2-4-6-8;1-3-4-2;/h2-5,7H,1H3;1,3-4H2,2H3;. The molecule has 0 aromatic heterocycles. The van der Waals surface area contributed by atoms with Crippen molar-refractivity contribution in [2.75, 3.05) is 0 Å². The summed E-state index contributed by atoms with van der Waals surface area (Å²) in [4.78, 5) is 0. The van der Waals surface area contributed by atoms with Crippen molar-refractivity contribution in [1.82, 2.24) is 0 Å². The van der Waals surface area contributed by atoms with Crippen LogP contribution in [0.15, 0.2) is 24.3 Å². The van der Waals surface area contributed by atoms with E-state index in [1.54, 1.807) is 3.58 Å². The molecule has 0 nitrogen and oxygen atoms in total. The molecule has 1 aromatic rings. The summed E-state index contributed by atoms with van der Waals surface area (Å²) in [5.74, 6) is 0. The van der Waals surface area contributed by atoms with E-state index in [1.807, 2.05) is 0 Å². The van der Waals surface area contributed by atoms with E-state index in [9.17, 15) is 0 Å². The summed E-state index contributed by atoms with van der Waals surface area (Å²) < 4.78 is 3.03. The number of halogens is 1. The molecule has 0 saturated heterocycles. The zero-order valence-corrected chi connectivity index (χ0v) is 12.5. The van der Waals surface area contributed by atoms with Gasteiger partial charge >= 0.3 is 103 Å². The molecule has 0 spiro atoms. The van der Waals surface area contributed by atoms with Gasteiger partial charge in [-0.15, -0.1) is 0 Å². The van der Waals surface area contributed by atoms with Crippen molar-refractivity contribution in [2.45, 2.75) is 36.5 Å². The Balaban J connectivity index is 2.64. The summed E-state index contributed by atoms with van der Waals surface area (Å²) in [6.07, 6.45) is 2.70. The Bertz CT molecular complexity index is 271. The van der Waals surface area contributed by atoms with Gasteiger partial charge in [0.2, 0.25) is 0 Å². The first-order valence-corrected chi connectivity index (χ1v) is 9.10. The van der Waals surface area contributed by atoms with Gasteiger partial charge in [-0.3, -0.25) is 0 Å². The molecule has 2 heteroatoms. The van der Waals surface area contributed by atoms with Crippen molar-refractivity contribution in [1.29, 1.82) is 0 Å². The minimum absolute atomic E-state index is 0.175. The summed E-state index contributed by atoms with van der Waals surface area (Å²) in [7, 11) is 0. The molecule has 1 unspecified atom stereocenters. The molecule has 0 aliphatic carbocycles. The Morgan fingerprint density at radius 3 is 2.71 bits per heavy atom. The third-order valence-corrected chi connectivity index (χ3v) is 6.58. The zero-order chi connectivity index (χ0) is 10.4. The second kappa shape index (κ2) is 6.73. The first kappa shape index (κ1) is 12.4. The predicted octanol–water partition coefficient (Wildman–Crippen LogP) is 3.53. The molecular weight excluding hydrogens is 298 g/mol. The Hall–Kier alpha value is 0.309. The maximum absolute atomic E-state index is 6.15. The van der Waals surface area contributed by atoms with E-state index in [-0.39, 0.29) is 26.5 Å². The average molecular weight is 315 g/mol. The summed E-state index contributed by atoms with van der Waals surface area (Å²) >= 11 is 5.79. The van der Waals surface area contributed by atoms with Crippen LogP contribution in [0.25, 0.3) is 0 Å². The molecular formula is C12H17ClSn. The summed E-state index contributed by atoms with van der Waals surface area (Å²) in [6, 6.07) is 8.69. The van der Waals surface area contributed by atoms with Crippen LogP contribution in [0.2, 0.25) is 4.44 Å². The van der Waals surface area contributed by atoms with Gasteiger partial charge in [0.05, 0.1) is 0 Å². The number of hydrogen-bond acceptors (Lipinski definition) is 0. The molecule has 1 atom stereocenters. The van der Waals surface area contributed by atoms with Crippen LogP contribution >= 0.6 is 11.6 Å². The second-order valence-electron chi connectivity index (χ2n) is 3.48. The van der Waals surface area contributed by atoms with Crippen LogP contribution in [0.3, 0.4) is 0 Å². The van der Waals surface area contributed by atoms with Crippen LogP contribution in [-0.2, 0) is 0 Å². The van der Waals surface area contributed by atoms with Crippen molar-refractivity contribution in [3.05, 3.63) is 29.8 Å². The molecule has 0 fully saturated rings. The van der Waals surface area contributed by atoms with Crippen LogP contribution in [0.4, 0.5) is 0 Å². The monoisotopic (exact) mass is 316 g/mol. The molecule has 0 amide bonds. The van der Waals surface area contributed by atoms with Gasteiger partial charge in [-0.2, -0.15) is 0 Å².